The van der Waals surface area contributed by atoms with Crippen molar-refractivity contribution in [1.29, 1.82) is 0 Å². The summed E-state index contributed by atoms with van der Waals surface area (Å²) in [5.74, 6) is 0. The lowest BCUT2D eigenvalue weighted by molar-refractivity contribution is -0.685. The molecule has 0 N–H and O–H groups in total. The highest BCUT2D eigenvalue weighted by Crippen LogP contribution is 2.42. The van der Waals surface area contributed by atoms with Crippen molar-refractivity contribution in [1.82, 2.24) is 0 Å². The van der Waals surface area contributed by atoms with Gasteiger partial charge in [0.1, 0.15) is 14.1 Å². The Morgan fingerprint density at radius 2 is 1.45 bits per heavy atom. The Kier molecular flexibility index (Phi) is 4.09. The molecule has 0 aliphatic heterocycles. The number of rotatable bonds is 2. The summed E-state index contributed by atoms with van der Waals surface area (Å²) in [7, 11) is 4.28. The zero-order valence-electron chi connectivity index (χ0n) is 17.5. The topological polar surface area (TPSA) is 7.76 Å². The molecule has 2 aromatic heterocycles. The second kappa shape index (κ2) is 6.66. The van der Waals surface area contributed by atoms with Gasteiger partial charge in [-0.05, 0) is 65.8 Å². The molecule has 0 bridgehead atoms. The standard InChI is InChI=1S/C27H26N2/c1-18-16-23-21-11-6-5-10-20(21)17-22(23)19(2)27(18)26-14-9-13-25(29(26)4)24-12-7-8-15-28(24)3/h5-16H,17H2,1-4H3/q+2. The SMILES string of the molecule is Cc1cc2c(c(C)c1-c1cccc(-c3cccc[n+]3C)[n+]1C)Cc1ccccc1-2. The predicted octanol–water partition coefficient (Wildman–Crippen LogP) is 4.86. The zero-order chi connectivity index (χ0) is 20.1. The average Bonchev–Trinajstić information content (AvgIpc) is 3.09. The van der Waals surface area contributed by atoms with Crippen LogP contribution < -0.4 is 9.13 Å². The third-order valence-corrected chi connectivity index (χ3v) is 6.39. The van der Waals surface area contributed by atoms with Crippen LogP contribution >= 0.6 is 0 Å². The smallest absolute Gasteiger partial charge is 0.196 e. The van der Waals surface area contributed by atoms with Crippen molar-refractivity contribution in [2.45, 2.75) is 20.3 Å². The average molecular weight is 379 g/mol. The van der Waals surface area contributed by atoms with E-state index < -0.39 is 0 Å². The number of hydrogen-bond acceptors (Lipinski definition) is 0. The van der Waals surface area contributed by atoms with Crippen LogP contribution in [0.4, 0.5) is 0 Å². The van der Waals surface area contributed by atoms with E-state index in [-0.39, 0.29) is 0 Å². The van der Waals surface area contributed by atoms with Crippen LogP contribution in [0.1, 0.15) is 22.3 Å². The number of hydrogen-bond donors (Lipinski definition) is 0. The van der Waals surface area contributed by atoms with Crippen molar-refractivity contribution in [2.24, 2.45) is 14.1 Å². The van der Waals surface area contributed by atoms with Crippen LogP contribution in [0.3, 0.4) is 0 Å². The van der Waals surface area contributed by atoms with Crippen LogP contribution in [0, 0.1) is 13.8 Å². The van der Waals surface area contributed by atoms with Gasteiger partial charge in [-0.2, -0.15) is 9.13 Å². The van der Waals surface area contributed by atoms with Crippen molar-refractivity contribution in [3.63, 3.8) is 0 Å². The van der Waals surface area contributed by atoms with Crippen molar-refractivity contribution in [3.8, 4) is 33.8 Å². The lowest BCUT2D eigenvalue weighted by Gasteiger charge is -2.14. The highest BCUT2D eigenvalue weighted by atomic mass is 15.0. The van der Waals surface area contributed by atoms with Crippen molar-refractivity contribution < 1.29 is 9.13 Å². The second-order valence-electron chi connectivity index (χ2n) is 8.11. The molecule has 0 saturated carbocycles. The Morgan fingerprint density at radius 1 is 0.724 bits per heavy atom. The van der Waals surface area contributed by atoms with Crippen molar-refractivity contribution >= 4 is 0 Å². The highest BCUT2D eigenvalue weighted by Gasteiger charge is 2.28. The van der Waals surface area contributed by atoms with E-state index >= 15 is 0 Å². The first-order chi connectivity index (χ1) is 14.1. The first-order valence-corrected chi connectivity index (χ1v) is 10.2. The van der Waals surface area contributed by atoms with E-state index in [9.17, 15) is 0 Å². The van der Waals surface area contributed by atoms with E-state index in [1.165, 1.54) is 56.0 Å². The molecule has 0 atom stereocenters. The third-order valence-electron chi connectivity index (χ3n) is 6.39. The van der Waals surface area contributed by atoms with Crippen molar-refractivity contribution in [2.75, 3.05) is 0 Å². The van der Waals surface area contributed by atoms with Crippen LogP contribution in [0.15, 0.2) is 72.9 Å². The van der Waals surface area contributed by atoms with Crippen LogP contribution in [-0.2, 0) is 20.5 Å². The van der Waals surface area contributed by atoms with E-state index in [0.29, 0.717) is 0 Å². The number of aryl methyl sites for hydroxylation is 2. The van der Waals surface area contributed by atoms with Crippen LogP contribution in [0.5, 0.6) is 0 Å². The second-order valence-corrected chi connectivity index (χ2v) is 8.11. The number of nitrogens with zero attached hydrogens (tertiary/aromatic N) is 2. The maximum Gasteiger partial charge on any atom is 0.277 e. The van der Waals surface area contributed by atoms with Gasteiger partial charge in [0.05, 0.1) is 5.56 Å². The van der Waals surface area contributed by atoms with Gasteiger partial charge in [-0.3, -0.25) is 0 Å². The first kappa shape index (κ1) is 17.8. The molecule has 0 saturated heterocycles. The Balaban J connectivity index is 1.72. The molecule has 29 heavy (non-hydrogen) atoms. The van der Waals surface area contributed by atoms with Gasteiger partial charge >= 0.3 is 0 Å². The third kappa shape index (κ3) is 2.71. The number of benzene rings is 2. The van der Waals surface area contributed by atoms with Gasteiger partial charge in [0.15, 0.2) is 6.20 Å². The van der Waals surface area contributed by atoms with Gasteiger partial charge < -0.3 is 0 Å². The largest absolute Gasteiger partial charge is 0.277 e. The fourth-order valence-corrected chi connectivity index (χ4v) is 4.90. The maximum atomic E-state index is 2.39. The lowest BCUT2D eigenvalue weighted by Crippen LogP contribution is -2.40. The van der Waals surface area contributed by atoms with Gasteiger partial charge in [-0.25, -0.2) is 0 Å². The maximum absolute atomic E-state index is 2.39. The van der Waals surface area contributed by atoms with E-state index in [1.54, 1.807) is 0 Å². The lowest BCUT2D eigenvalue weighted by atomic mass is 9.91. The Hall–Kier alpha value is -3.26. The molecule has 0 radical (unpaired) electrons. The molecule has 1 aliphatic rings. The van der Waals surface area contributed by atoms with E-state index in [1.807, 2.05) is 0 Å². The molecule has 0 unspecified atom stereocenters. The molecule has 2 nitrogen and oxygen atoms in total. The molecule has 2 aromatic carbocycles. The van der Waals surface area contributed by atoms with Gasteiger partial charge in [0.25, 0.3) is 11.4 Å². The minimum absolute atomic E-state index is 1.03. The van der Waals surface area contributed by atoms with Gasteiger partial charge in [-0.15, -0.1) is 0 Å². The molecule has 0 fully saturated rings. The summed E-state index contributed by atoms with van der Waals surface area (Å²) in [6, 6.07) is 24.2. The van der Waals surface area contributed by atoms with E-state index in [4.69, 9.17) is 0 Å². The summed E-state index contributed by atoms with van der Waals surface area (Å²) in [6.07, 6.45) is 3.13. The van der Waals surface area contributed by atoms with Crippen LogP contribution in [0.25, 0.3) is 33.8 Å². The summed E-state index contributed by atoms with van der Waals surface area (Å²) in [4.78, 5) is 0. The number of pyridine rings is 2. The summed E-state index contributed by atoms with van der Waals surface area (Å²) >= 11 is 0. The minimum atomic E-state index is 1.03. The Bertz CT molecular complexity index is 1270. The number of fused-ring (bicyclic) bond motifs is 3. The quantitative estimate of drug-likeness (QED) is 0.388. The summed E-state index contributed by atoms with van der Waals surface area (Å²) in [6.45, 7) is 4.54. The Labute approximate surface area is 172 Å². The fourth-order valence-electron chi connectivity index (χ4n) is 4.90. The molecular formula is C27H26N2+2. The zero-order valence-corrected chi connectivity index (χ0v) is 17.5. The minimum Gasteiger partial charge on any atom is -0.196 e. The monoisotopic (exact) mass is 378 g/mol. The molecule has 0 spiro atoms. The molecule has 2 heteroatoms. The molecule has 0 amide bonds. The first-order valence-electron chi connectivity index (χ1n) is 10.2. The summed E-state index contributed by atoms with van der Waals surface area (Å²) in [5, 5.41) is 0. The molecular weight excluding hydrogens is 352 g/mol. The van der Waals surface area contributed by atoms with Crippen molar-refractivity contribution in [3.05, 3.63) is 95.2 Å². The van der Waals surface area contributed by atoms with E-state index in [0.717, 1.165) is 6.42 Å². The fraction of sp³-hybridized carbons (Fsp3) is 0.185. The highest BCUT2D eigenvalue weighted by molar-refractivity contribution is 5.83. The predicted molar refractivity (Wildman–Crippen MR) is 117 cm³/mol. The van der Waals surface area contributed by atoms with Crippen LogP contribution in [0.2, 0.25) is 0 Å². The molecule has 2 heterocycles. The van der Waals surface area contributed by atoms with Crippen LogP contribution in [-0.4, -0.2) is 0 Å². The molecule has 142 valence electrons. The molecule has 1 aliphatic carbocycles. The van der Waals surface area contributed by atoms with Gasteiger partial charge in [-0.1, -0.05) is 30.3 Å². The van der Waals surface area contributed by atoms with E-state index in [2.05, 4.69) is 110 Å². The summed E-state index contributed by atoms with van der Waals surface area (Å²) < 4.78 is 4.51. The Morgan fingerprint density at radius 3 is 2.28 bits per heavy atom. The molecule has 5 rings (SSSR count). The van der Waals surface area contributed by atoms with Gasteiger partial charge in [0.2, 0.25) is 5.69 Å². The molecule has 4 aromatic rings. The summed E-state index contributed by atoms with van der Waals surface area (Å²) in [5.41, 5.74) is 13.5. The van der Waals surface area contributed by atoms with Gasteiger partial charge in [0, 0.05) is 24.3 Å². The normalized spacial score (nSPS) is 12.0. The number of aromatic nitrogens is 2.